The molecule has 0 radical (unpaired) electrons. The number of carbonyl (C=O) groups is 3. The summed E-state index contributed by atoms with van der Waals surface area (Å²) in [5.74, 6) is -0.859. The molecule has 0 aliphatic heterocycles. The predicted molar refractivity (Wildman–Crippen MR) is 312 cm³/mol. The average molecular weight is 1010 g/mol. The predicted octanol–water partition coefficient (Wildman–Crippen LogP) is 21.8. The molecule has 0 amide bonds. The van der Waals surface area contributed by atoms with Gasteiger partial charge in [0.05, 0.1) is 0 Å². The summed E-state index contributed by atoms with van der Waals surface area (Å²) in [6, 6.07) is 0. The first-order valence-electron chi connectivity index (χ1n) is 32.3. The standard InChI is InChI=1S/C66H124O6/c1-4-7-10-13-16-19-22-25-27-29-30-31-32-33-34-35-37-38-41-44-47-50-53-56-59-65(68)71-62-63(61-70-64(67)58-55-52-49-46-43-40-24-21-18-15-12-9-6-3)72-66(69)60-57-54-51-48-45-42-39-36-28-26-23-20-17-14-11-8-5-2/h21,24,26,28,63H,4-20,22-23,25,27,29-62H2,1-3H3/b24-21-,28-26-. The lowest BCUT2D eigenvalue weighted by Crippen LogP contribution is -2.30. The van der Waals surface area contributed by atoms with Gasteiger partial charge in [-0.3, -0.25) is 14.4 Å². The molecule has 0 aromatic heterocycles. The number of ether oxygens (including phenoxy) is 3. The molecule has 0 saturated carbocycles. The second kappa shape index (κ2) is 61.4. The molecule has 424 valence electrons. The van der Waals surface area contributed by atoms with Gasteiger partial charge < -0.3 is 14.2 Å². The highest BCUT2D eigenvalue weighted by atomic mass is 16.6. The van der Waals surface area contributed by atoms with Crippen molar-refractivity contribution in [2.24, 2.45) is 0 Å². The van der Waals surface area contributed by atoms with Gasteiger partial charge in [0, 0.05) is 19.3 Å². The zero-order valence-electron chi connectivity index (χ0n) is 48.7. The van der Waals surface area contributed by atoms with Gasteiger partial charge >= 0.3 is 17.9 Å². The number of carbonyl (C=O) groups excluding carboxylic acids is 3. The van der Waals surface area contributed by atoms with Gasteiger partial charge in [0.25, 0.3) is 0 Å². The van der Waals surface area contributed by atoms with Crippen molar-refractivity contribution >= 4 is 17.9 Å². The third kappa shape index (κ3) is 58.8. The molecule has 0 bridgehead atoms. The summed E-state index contributed by atoms with van der Waals surface area (Å²) in [5.41, 5.74) is 0. The van der Waals surface area contributed by atoms with E-state index in [4.69, 9.17) is 14.2 Å². The Bertz CT molecular complexity index is 1160. The minimum Gasteiger partial charge on any atom is -0.462 e. The molecular weight excluding hydrogens is 889 g/mol. The van der Waals surface area contributed by atoms with Gasteiger partial charge in [0.2, 0.25) is 0 Å². The van der Waals surface area contributed by atoms with E-state index in [9.17, 15) is 14.4 Å². The quantitative estimate of drug-likeness (QED) is 0.0261. The molecule has 0 N–H and O–H groups in total. The molecule has 0 spiro atoms. The van der Waals surface area contributed by atoms with Crippen molar-refractivity contribution in [1.82, 2.24) is 0 Å². The number of rotatable bonds is 60. The molecular formula is C66H124O6. The highest BCUT2D eigenvalue weighted by Crippen LogP contribution is 2.18. The molecule has 1 unspecified atom stereocenters. The molecule has 72 heavy (non-hydrogen) atoms. The van der Waals surface area contributed by atoms with E-state index >= 15 is 0 Å². The highest BCUT2D eigenvalue weighted by molar-refractivity contribution is 5.71. The fraction of sp³-hybridized carbons (Fsp3) is 0.894. The van der Waals surface area contributed by atoms with Crippen molar-refractivity contribution in [3.8, 4) is 0 Å². The molecule has 0 aliphatic rings. The first-order chi connectivity index (χ1) is 35.5. The second-order valence-corrected chi connectivity index (χ2v) is 22.0. The average Bonchev–Trinajstić information content (AvgIpc) is 3.38. The van der Waals surface area contributed by atoms with E-state index in [1.807, 2.05) is 0 Å². The largest absolute Gasteiger partial charge is 0.462 e. The second-order valence-electron chi connectivity index (χ2n) is 22.0. The van der Waals surface area contributed by atoms with Crippen molar-refractivity contribution in [3.05, 3.63) is 24.3 Å². The Kier molecular flexibility index (Phi) is 59.6. The Morgan fingerprint density at radius 3 is 0.708 bits per heavy atom. The summed E-state index contributed by atoms with van der Waals surface area (Å²) in [7, 11) is 0. The highest BCUT2D eigenvalue weighted by Gasteiger charge is 2.19. The molecule has 1 atom stereocenters. The third-order valence-electron chi connectivity index (χ3n) is 14.7. The van der Waals surface area contributed by atoms with Crippen molar-refractivity contribution in [2.75, 3.05) is 13.2 Å². The van der Waals surface area contributed by atoms with Crippen LogP contribution in [0.4, 0.5) is 0 Å². The van der Waals surface area contributed by atoms with Crippen LogP contribution in [-0.2, 0) is 28.6 Å². The van der Waals surface area contributed by atoms with Crippen LogP contribution in [0, 0.1) is 0 Å². The van der Waals surface area contributed by atoms with E-state index in [0.29, 0.717) is 19.3 Å². The molecule has 6 heteroatoms. The van der Waals surface area contributed by atoms with Crippen molar-refractivity contribution < 1.29 is 28.6 Å². The van der Waals surface area contributed by atoms with Gasteiger partial charge in [-0.1, -0.05) is 295 Å². The van der Waals surface area contributed by atoms with Crippen molar-refractivity contribution in [2.45, 2.75) is 367 Å². The first kappa shape index (κ1) is 69.9. The van der Waals surface area contributed by atoms with Crippen LogP contribution in [0.5, 0.6) is 0 Å². The fourth-order valence-corrected chi connectivity index (χ4v) is 9.79. The molecule has 0 heterocycles. The SMILES string of the molecule is CCCCCC/C=C\CCCCCCCC(=O)OCC(COC(=O)CCCCCCCCCCCCCCCCCCCCCCCCCC)OC(=O)CCCCCCCCC/C=C\CCCCCCCC. The van der Waals surface area contributed by atoms with Crippen LogP contribution in [0.2, 0.25) is 0 Å². The van der Waals surface area contributed by atoms with Crippen LogP contribution < -0.4 is 0 Å². The summed E-state index contributed by atoms with van der Waals surface area (Å²) in [5, 5.41) is 0. The van der Waals surface area contributed by atoms with Gasteiger partial charge in [-0.2, -0.15) is 0 Å². The van der Waals surface area contributed by atoms with E-state index in [1.54, 1.807) is 0 Å². The van der Waals surface area contributed by atoms with E-state index in [-0.39, 0.29) is 31.1 Å². The summed E-state index contributed by atoms with van der Waals surface area (Å²) >= 11 is 0. The number of unbranched alkanes of at least 4 members (excludes halogenated alkanes) is 45. The maximum Gasteiger partial charge on any atom is 0.306 e. The number of hydrogen-bond donors (Lipinski definition) is 0. The monoisotopic (exact) mass is 1010 g/mol. The minimum atomic E-state index is -0.774. The van der Waals surface area contributed by atoms with Gasteiger partial charge in [0.15, 0.2) is 6.10 Å². The summed E-state index contributed by atoms with van der Waals surface area (Å²) in [6.45, 7) is 6.67. The van der Waals surface area contributed by atoms with E-state index in [0.717, 1.165) is 64.2 Å². The molecule has 0 aromatic carbocycles. The van der Waals surface area contributed by atoms with Crippen LogP contribution in [0.15, 0.2) is 24.3 Å². The normalized spacial score (nSPS) is 12.1. The topological polar surface area (TPSA) is 78.9 Å². The molecule has 0 fully saturated rings. The van der Waals surface area contributed by atoms with Crippen LogP contribution in [-0.4, -0.2) is 37.2 Å². The van der Waals surface area contributed by atoms with E-state index in [1.165, 1.54) is 257 Å². The van der Waals surface area contributed by atoms with Gasteiger partial charge in [-0.05, 0) is 70.6 Å². The third-order valence-corrected chi connectivity index (χ3v) is 14.7. The number of allylic oxidation sites excluding steroid dienone is 4. The molecule has 0 aliphatic carbocycles. The Labute approximate surface area is 449 Å². The summed E-state index contributed by atoms with van der Waals surface area (Å²) in [6.07, 6.45) is 73.3. The minimum absolute atomic E-state index is 0.0708. The fourth-order valence-electron chi connectivity index (χ4n) is 9.79. The van der Waals surface area contributed by atoms with Crippen LogP contribution in [0.25, 0.3) is 0 Å². The van der Waals surface area contributed by atoms with Crippen molar-refractivity contribution in [3.63, 3.8) is 0 Å². The maximum absolute atomic E-state index is 12.9. The lowest BCUT2D eigenvalue weighted by atomic mass is 10.0. The zero-order valence-corrected chi connectivity index (χ0v) is 48.7. The number of hydrogen-bond acceptors (Lipinski definition) is 6. The molecule has 6 nitrogen and oxygen atoms in total. The lowest BCUT2D eigenvalue weighted by molar-refractivity contribution is -0.167. The zero-order chi connectivity index (χ0) is 52.2. The molecule has 0 aromatic rings. The van der Waals surface area contributed by atoms with Crippen LogP contribution in [0.1, 0.15) is 361 Å². The van der Waals surface area contributed by atoms with Crippen LogP contribution in [0.3, 0.4) is 0 Å². The Morgan fingerprint density at radius 2 is 0.458 bits per heavy atom. The van der Waals surface area contributed by atoms with Crippen molar-refractivity contribution in [1.29, 1.82) is 0 Å². The Hall–Kier alpha value is -2.11. The maximum atomic E-state index is 12.9. The number of esters is 3. The van der Waals surface area contributed by atoms with Gasteiger partial charge in [-0.25, -0.2) is 0 Å². The lowest BCUT2D eigenvalue weighted by Gasteiger charge is -2.18. The summed E-state index contributed by atoms with van der Waals surface area (Å²) in [4.78, 5) is 38.3. The van der Waals surface area contributed by atoms with E-state index in [2.05, 4.69) is 45.1 Å². The molecule has 0 rings (SSSR count). The Morgan fingerprint density at radius 1 is 0.264 bits per heavy atom. The molecule has 0 saturated heterocycles. The summed E-state index contributed by atoms with van der Waals surface area (Å²) < 4.78 is 16.9. The smallest absolute Gasteiger partial charge is 0.306 e. The van der Waals surface area contributed by atoms with E-state index < -0.39 is 6.10 Å². The first-order valence-corrected chi connectivity index (χ1v) is 32.3. The van der Waals surface area contributed by atoms with Gasteiger partial charge in [0.1, 0.15) is 13.2 Å². The van der Waals surface area contributed by atoms with Gasteiger partial charge in [-0.15, -0.1) is 0 Å². The Balaban J connectivity index is 4.24. The van der Waals surface area contributed by atoms with Crippen LogP contribution >= 0.6 is 0 Å².